The van der Waals surface area contributed by atoms with E-state index in [1.165, 1.54) is 0 Å². The first kappa shape index (κ1) is 25.3. The van der Waals surface area contributed by atoms with Gasteiger partial charge in [0.1, 0.15) is 11.3 Å². The van der Waals surface area contributed by atoms with Crippen LogP contribution < -0.4 is 0 Å². The predicted molar refractivity (Wildman–Crippen MR) is 155 cm³/mol. The fraction of sp³-hybridized carbons (Fsp3) is 0.188. The van der Waals surface area contributed by atoms with E-state index in [9.17, 15) is 4.79 Å². The Morgan fingerprint density at radius 2 is 1.65 bits per heavy atom. The summed E-state index contributed by atoms with van der Waals surface area (Å²) in [4.78, 5) is 23.1. The zero-order valence-corrected chi connectivity index (χ0v) is 22.9. The minimum atomic E-state index is -0.0293. The fourth-order valence-corrected chi connectivity index (χ4v) is 5.32. The molecule has 1 N–H and O–H groups in total. The van der Waals surface area contributed by atoms with E-state index in [0.717, 1.165) is 62.5 Å². The van der Waals surface area contributed by atoms with Gasteiger partial charge in [-0.15, -0.1) is 10.2 Å². The van der Waals surface area contributed by atoms with Crippen LogP contribution in [0.15, 0.2) is 72.8 Å². The van der Waals surface area contributed by atoms with Crippen molar-refractivity contribution < 1.29 is 4.79 Å². The standard InChI is InChI=1S/C32H29N7O/c1-5-27-34-29-20(3)15-21(4)33-32(29)39(27)18-22-11-13-23(14-12-22)26-17-25(30(40)24-9-7-6-8-10-24)16-19(2)28(26)31-35-37-38-36-31/h6-17H,5,18H2,1-4H3,(H,35,36,37,38). The second kappa shape index (κ2) is 10.3. The Balaban J connectivity index is 1.41. The highest BCUT2D eigenvalue weighted by molar-refractivity contribution is 6.10. The molecule has 6 aromatic rings. The lowest BCUT2D eigenvalue weighted by Crippen LogP contribution is -2.06. The highest BCUT2D eigenvalue weighted by Gasteiger charge is 2.20. The van der Waals surface area contributed by atoms with E-state index in [-0.39, 0.29) is 5.78 Å². The molecule has 0 aliphatic carbocycles. The van der Waals surface area contributed by atoms with Crippen LogP contribution in [0.25, 0.3) is 33.7 Å². The SMILES string of the molecule is CCc1nc2c(C)cc(C)nc2n1Cc1ccc(-c2cc(C(=O)c3ccccc3)cc(C)c2-c2nn[nH]n2)cc1. The number of H-pyrrole nitrogens is 1. The Kier molecular flexibility index (Phi) is 6.51. The minimum Gasteiger partial charge on any atom is -0.308 e. The van der Waals surface area contributed by atoms with Gasteiger partial charge >= 0.3 is 0 Å². The van der Waals surface area contributed by atoms with Gasteiger partial charge in [0.05, 0.1) is 6.54 Å². The van der Waals surface area contributed by atoms with Crippen molar-refractivity contribution in [1.29, 1.82) is 0 Å². The molecule has 0 atom stereocenters. The van der Waals surface area contributed by atoms with E-state index in [4.69, 9.17) is 9.97 Å². The number of fused-ring (bicyclic) bond motifs is 1. The maximum atomic E-state index is 13.4. The molecule has 198 valence electrons. The molecule has 0 unspecified atom stereocenters. The number of aryl methyl sites for hydroxylation is 4. The molecule has 6 rings (SSSR count). The van der Waals surface area contributed by atoms with Crippen molar-refractivity contribution in [3.05, 3.63) is 112 Å². The number of hydrogen-bond donors (Lipinski definition) is 1. The Labute approximate surface area is 232 Å². The van der Waals surface area contributed by atoms with E-state index in [0.29, 0.717) is 23.5 Å². The van der Waals surface area contributed by atoms with Crippen molar-refractivity contribution in [3.8, 4) is 22.5 Å². The zero-order chi connectivity index (χ0) is 27.8. The van der Waals surface area contributed by atoms with E-state index < -0.39 is 0 Å². The average Bonchev–Trinajstić information content (AvgIpc) is 3.62. The molecule has 0 aliphatic rings. The summed E-state index contributed by atoms with van der Waals surface area (Å²) in [5, 5.41) is 14.8. The summed E-state index contributed by atoms with van der Waals surface area (Å²) in [7, 11) is 0. The van der Waals surface area contributed by atoms with Crippen molar-refractivity contribution in [1.82, 2.24) is 35.2 Å². The molecule has 0 saturated carbocycles. The number of carbonyl (C=O) groups is 1. The first-order valence-electron chi connectivity index (χ1n) is 13.3. The van der Waals surface area contributed by atoms with Gasteiger partial charge in [0.25, 0.3) is 0 Å². The largest absolute Gasteiger partial charge is 0.308 e. The Bertz CT molecular complexity index is 1840. The highest BCUT2D eigenvalue weighted by atomic mass is 16.1. The predicted octanol–water partition coefficient (Wildman–Crippen LogP) is 6.05. The molecule has 8 heteroatoms. The molecule has 0 radical (unpaired) electrons. The Hall–Kier alpha value is -4.98. The van der Waals surface area contributed by atoms with Gasteiger partial charge in [0, 0.05) is 28.8 Å². The minimum absolute atomic E-state index is 0.0293. The molecular formula is C32H29N7O. The third-order valence-electron chi connectivity index (χ3n) is 7.23. The molecule has 40 heavy (non-hydrogen) atoms. The third-order valence-corrected chi connectivity index (χ3v) is 7.23. The maximum Gasteiger partial charge on any atom is 0.205 e. The molecule has 0 fully saturated rings. The highest BCUT2D eigenvalue weighted by Crippen LogP contribution is 2.35. The van der Waals surface area contributed by atoms with Crippen LogP contribution in [-0.2, 0) is 13.0 Å². The van der Waals surface area contributed by atoms with E-state index in [2.05, 4.69) is 69.4 Å². The number of imidazole rings is 1. The smallest absolute Gasteiger partial charge is 0.205 e. The van der Waals surface area contributed by atoms with Gasteiger partial charge < -0.3 is 4.57 Å². The zero-order valence-electron chi connectivity index (χ0n) is 22.9. The summed E-state index contributed by atoms with van der Waals surface area (Å²) in [6, 6.07) is 23.6. The van der Waals surface area contributed by atoms with Gasteiger partial charge in [-0.3, -0.25) is 4.79 Å². The van der Waals surface area contributed by atoms with Gasteiger partial charge in [-0.1, -0.05) is 61.5 Å². The van der Waals surface area contributed by atoms with Crippen LogP contribution in [0, 0.1) is 20.8 Å². The molecule has 0 aliphatic heterocycles. The van der Waals surface area contributed by atoms with Crippen LogP contribution in [0.5, 0.6) is 0 Å². The lowest BCUT2D eigenvalue weighted by Gasteiger charge is -2.14. The van der Waals surface area contributed by atoms with Crippen LogP contribution >= 0.6 is 0 Å². The maximum absolute atomic E-state index is 13.4. The summed E-state index contributed by atoms with van der Waals surface area (Å²) < 4.78 is 2.21. The van der Waals surface area contributed by atoms with Gasteiger partial charge in [0.15, 0.2) is 11.4 Å². The lowest BCUT2D eigenvalue weighted by atomic mass is 9.90. The average molecular weight is 528 g/mol. The number of benzene rings is 3. The third kappa shape index (κ3) is 4.58. The summed E-state index contributed by atoms with van der Waals surface area (Å²) in [5.74, 6) is 1.48. The molecule has 8 nitrogen and oxygen atoms in total. The molecule has 3 aromatic heterocycles. The summed E-state index contributed by atoms with van der Waals surface area (Å²) in [5.41, 5.74) is 9.98. The van der Waals surface area contributed by atoms with Crippen molar-refractivity contribution in [3.63, 3.8) is 0 Å². The van der Waals surface area contributed by atoms with Crippen LogP contribution in [0.3, 0.4) is 0 Å². The van der Waals surface area contributed by atoms with Crippen molar-refractivity contribution in [2.45, 2.75) is 40.7 Å². The topological polar surface area (TPSA) is 102 Å². The van der Waals surface area contributed by atoms with Gasteiger partial charge in [0.2, 0.25) is 5.82 Å². The molecule has 0 saturated heterocycles. The molecule has 0 spiro atoms. The van der Waals surface area contributed by atoms with E-state index in [1.807, 2.05) is 56.3 Å². The normalized spacial score (nSPS) is 11.3. The number of pyridine rings is 1. The number of tetrazole rings is 1. The van der Waals surface area contributed by atoms with Crippen LogP contribution in [0.4, 0.5) is 0 Å². The van der Waals surface area contributed by atoms with Crippen LogP contribution in [-0.4, -0.2) is 40.9 Å². The molecule has 3 heterocycles. The van der Waals surface area contributed by atoms with Crippen molar-refractivity contribution >= 4 is 16.9 Å². The first-order valence-corrected chi connectivity index (χ1v) is 13.3. The second-order valence-electron chi connectivity index (χ2n) is 10.1. The van der Waals surface area contributed by atoms with E-state index in [1.54, 1.807) is 0 Å². The number of ketones is 1. The van der Waals surface area contributed by atoms with Crippen molar-refractivity contribution in [2.75, 3.05) is 0 Å². The molecular weight excluding hydrogens is 498 g/mol. The number of hydrogen-bond acceptors (Lipinski definition) is 6. The Morgan fingerprint density at radius 3 is 2.35 bits per heavy atom. The van der Waals surface area contributed by atoms with Crippen LogP contribution in [0.2, 0.25) is 0 Å². The number of carbonyl (C=O) groups excluding carboxylic acids is 1. The Morgan fingerprint density at radius 1 is 0.875 bits per heavy atom. The van der Waals surface area contributed by atoms with Crippen molar-refractivity contribution in [2.24, 2.45) is 0 Å². The van der Waals surface area contributed by atoms with Crippen LogP contribution in [0.1, 0.15) is 51.1 Å². The van der Waals surface area contributed by atoms with Gasteiger partial charge in [-0.25, -0.2) is 9.97 Å². The quantitative estimate of drug-likeness (QED) is 0.254. The van der Waals surface area contributed by atoms with E-state index >= 15 is 0 Å². The number of rotatable bonds is 7. The fourth-order valence-electron chi connectivity index (χ4n) is 5.32. The number of nitrogens with one attached hydrogen (secondary N) is 1. The number of aromatic amines is 1. The molecule has 3 aromatic carbocycles. The number of nitrogens with zero attached hydrogens (tertiary/aromatic N) is 6. The summed E-state index contributed by atoms with van der Waals surface area (Å²) in [6.07, 6.45) is 0.822. The summed E-state index contributed by atoms with van der Waals surface area (Å²) >= 11 is 0. The lowest BCUT2D eigenvalue weighted by molar-refractivity contribution is 0.103. The van der Waals surface area contributed by atoms with Gasteiger partial charge in [-0.05, 0) is 72.0 Å². The first-order chi connectivity index (χ1) is 19.4. The number of aromatic nitrogens is 7. The molecule has 0 amide bonds. The van der Waals surface area contributed by atoms with Gasteiger partial charge in [-0.2, -0.15) is 5.21 Å². The second-order valence-corrected chi connectivity index (χ2v) is 10.1. The molecule has 0 bridgehead atoms. The summed E-state index contributed by atoms with van der Waals surface area (Å²) in [6.45, 7) is 8.86. The monoisotopic (exact) mass is 527 g/mol.